The van der Waals surface area contributed by atoms with Gasteiger partial charge in [0.1, 0.15) is 0 Å². The molecular weight excluding hydrogens is 372 g/mol. The molecule has 0 atom stereocenters. The van der Waals surface area contributed by atoms with E-state index in [1.807, 2.05) is 0 Å². The first kappa shape index (κ1) is 19.8. The van der Waals surface area contributed by atoms with Gasteiger partial charge in [0.2, 0.25) is 10.0 Å². The standard InChI is InChI=1S/C18H24N2O6S/c21-16(22)11-18(6-8-26-9-7-18)20-17(23)14-2-1-3-15(10-14)27(24,25)19-12-13-4-5-13/h1-3,10,13,19H,4-9,11-12H2,(H,20,23)(H,21,22). The Hall–Kier alpha value is -1.97. The van der Waals surface area contributed by atoms with Gasteiger partial charge in [-0.15, -0.1) is 0 Å². The molecule has 8 nitrogen and oxygen atoms in total. The Labute approximate surface area is 158 Å². The summed E-state index contributed by atoms with van der Waals surface area (Å²) < 4.78 is 32.6. The molecule has 3 rings (SSSR count). The Balaban J connectivity index is 1.74. The van der Waals surface area contributed by atoms with Crippen molar-refractivity contribution in [3.8, 4) is 0 Å². The second-order valence-electron chi connectivity index (χ2n) is 7.24. The van der Waals surface area contributed by atoms with Crippen LogP contribution in [0.1, 0.15) is 42.5 Å². The van der Waals surface area contributed by atoms with Gasteiger partial charge in [-0.2, -0.15) is 0 Å². The molecule has 0 bridgehead atoms. The predicted molar refractivity (Wildman–Crippen MR) is 96.9 cm³/mol. The quantitative estimate of drug-likeness (QED) is 0.605. The highest BCUT2D eigenvalue weighted by Crippen LogP contribution is 2.28. The molecule has 2 fully saturated rings. The molecule has 1 amide bonds. The van der Waals surface area contributed by atoms with E-state index in [9.17, 15) is 23.1 Å². The maximum Gasteiger partial charge on any atom is 0.305 e. The fraction of sp³-hybridized carbons (Fsp3) is 0.556. The number of carbonyl (C=O) groups excluding carboxylic acids is 1. The van der Waals surface area contributed by atoms with E-state index in [0.29, 0.717) is 38.5 Å². The van der Waals surface area contributed by atoms with Gasteiger partial charge < -0.3 is 15.2 Å². The van der Waals surface area contributed by atoms with Crippen LogP contribution in [0.3, 0.4) is 0 Å². The average molecular weight is 396 g/mol. The number of nitrogens with one attached hydrogen (secondary N) is 2. The number of ether oxygens (including phenoxy) is 1. The maximum atomic E-state index is 12.7. The summed E-state index contributed by atoms with van der Waals surface area (Å²) in [6.45, 7) is 1.14. The van der Waals surface area contributed by atoms with Crippen LogP contribution in [0.25, 0.3) is 0 Å². The molecule has 1 saturated carbocycles. The van der Waals surface area contributed by atoms with E-state index in [4.69, 9.17) is 4.74 Å². The fourth-order valence-electron chi connectivity index (χ4n) is 3.15. The van der Waals surface area contributed by atoms with Crippen molar-refractivity contribution < 1.29 is 27.9 Å². The van der Waals surface area contributed by atoms with E-state index in [-0.39, 0.29) is 16.9 Å². The lowest BCUT2D eigenvalue weighted by atomic mass is 9.86. The zero-order chi connectivity index (χ0) is 19.5. The van der Waals surface area contributed by atoms with Crippen LogP contribution in [0.4, 0.5) is 0 Å². The van der Waals surface area contributed by atoms with Crippen molar-refractivity contribution in [1.82, 2.24) is 10.0 Å². The predicted octanol–water partition coefficient (Wildman–Crippen LogP) is 1.13. The second-order valence-corrected chi connectivity index (χ2v) is 9.01. The zero-order valence-corrected chi connectivity index (χ0v) is 15.8. The van der Waals surface area contributed by atoms with Crippen molar-refractivity contribution in [3.05, 3.63) is 29.8 Å². The highest BCUT2D eigenvalue weighted by Gasteiger charge is 2.36. The van der Waals surface area contributed by atoms with Crippen LogP contribution in [0, 0.1) is 5.92 Å². The summed E-state index contributed by atoms with van der Waals surface area (Å²) in [7, 11) is -3.68. The number of carboxylic acids is 1. The summed E-state index contributed by atoms with van der Waals surface area (Å²) in [4.78, 5) is 23.9. The topological polar surface area (TPSA) is 122 Å². The lowest BCUT2D eigenvalue weighted by molar-refractivity contribution is -0.139. The van der Waals surface area contributed by atoms with Gasteiger partial charge in [-0.25, -0.2) is 13.1 Å². The lowest BCUT2D eigenvalue weighted by Crippen LogP contribution is -2.53. The third-order valence-corrected chi connectivity index (χ3v) is 6.40. The van der Waals surface area contributed by atoms with Crippen molar-refractivity contribution in [2.45, 2.75) is 42.5 Å². The van der Waals surface area contributed by atoms with Gasteiger partial charge in [0.15, 0.2) is 0 Å². The Kier molecular flexibility index (Phi) is 5.83. The lowest BCUT2D eigenvalue weighted by Gasteiger charge is -2.36. The normalized spacial score (nSPS) is 19.4. The molecule has 0 radical (unpaired) electrons. The van der Waals surface area contributed by atoms with Gasteiger partial charge in [-0.3, -0.25) is 9.59 Å². The van der Waals surface area contributed by atoms with E-state index in [1.54, 1.807) is 0 Å². The van der Waals surface area contributed by atoms with Gasteiger partial charge >= 0.3 is 5.97 Å². The number of benzene rings is 1. The Morgan fingerprint density at radius 3 is 2.56 bits per heavy atom. The van der Waals surface area contributed by atoms with E-state index in [2.05, 4.69) is 10.0 Å². The van der Waals surface area contributed by atoms with Gasteiger partial charge in [0.05, 0.1) is 16.9 Å². The van der Waals surface area contributed by atoms with Crippen LogP contribution in [0.15, 0.2) is 29.2 Å². The van der Waals surface area contributed by atoms with Gasteiger partial charge in [-0.05, 0) is 49.8 Å². The molecule has 1 saturated heterocycles. The SMILES string of the molecule is O=C(O)CC1(NC(=O)c2cccc(S(=O)(=O)NCC3CC3)c2)CCOCC1. The van der Waals surface area contributed by atoms with Crippen molar-refractivity contribution in [2.24, 2.45) is 5.92 Å². The molecule has 148 valence electrons. The first-order valence-corrected chi connectivity index (χ1v) is 10.5. The van der Waals surface area contributed by atoms with Crippen molar-refractivity contribution in [1.29, 1.82) is 0 Å². The van der Waals surface area contributed by atoms with Crippen LogP contribution in [0.2, 0.25) is 0 Å². The van der Waals surface area contributed by atoms with Crippen LogP contribution in [-0.2, 0) is 19.6 Å². The number of carbonyl (C=O) groups is 2. The van der Waals surface area contributed by atoms with E-state index >= 15 is 0 Å². The number of carboxylic acid groups (broad SMARTS) is 1. The Morgan fingerprint density at radius 1 is 1.22 bits per heavy atom. The number of aliphatic carboxylic acids is 1. The Morgan fingerprint density at radius 2 is 1.93 bits per heavy atom. The monoisotopic (exact) mass is 396 g/mol. The van der Waals surface area contributed by atoms with Crippen LogP contribution in [0.5, 0.6) is 0 Å². The number of sulfonamides is 1. The summed E-state index contributed by atoms with van der Waals surface area (Å²) in [5, 5.41) is 12.0. The number of rotatable bonds is 8. The minimum absolute atomic E-state index is 0.0232. The summed E-state index contributed by atoms with van der Waals surface area (Å²) in [5.41, 5.74) is -0.708. The minimum atomic E-state index is -3.68. The molecule has 0 aromatic heterocycles. The highest BCUT2D eigenvalue weighted by molar-refractivity contribution is 7.89. The number of hydrogen-bond donors (Lipinski definition) is 3. The molecule has 1 aromatic carbocycles. The van der Waals surface area contributed by atoms with Crippen LogP contribution >= 0.6 is 0 Å². The van der Waals surface area contributed by atoms with E-state index in [0.717, 1.165) is 12.8 Å². The molecule has 0 spiro atoms. The first-order chi connectivity index (χ1) is 12.8. The largest absolute Gasteiger partial charge is 0.481 e. The zero-order valence-electron chi connectivity index (χ0n) is 14.9. The minimum Gasteiger partial charge on any atom is -0.481 e. The van der Waals surface area contributed by atoms with Gasteiger partial charge in [0.25, 0.3) is 5.91 Å². The molecule has 9 heteroatoms. The van der Waals surface area contributed by atoms with Crippen molar-refractivity contribution in [3.63, 3.8) is 0 Å². The number of amides is 1. The molecule has 1 aliphatic carbocycles. The molecule has 1 aliphatic heterocycles. The molecule has 27 heavy (non-hydrogen) atoms. The third kappa shape index (κ3) is 5.27. The molecule has 0 unspecified atom stereocenters. The van der Waals surface area contributed by atoms with Crippen LogP contribution < -0.4 is 10.0 Å². The number of hydrogen-bond acceptors (Lipinski definition) is 5. The summed E-state index contributed by atoms with van der Waals surface area (Å²) in [5.74, 6) is -1.09. The van der Waals surface area contributed by atoms with E-state index < -0.39 is 27.4 Å². The fourth-order valence-corrected chi connectivity index (χ4v) is 4.31. The van der Waals surface area contributed by atoms with Crippen molar-refractivity contribution >= 4 is 21.9 Å². The molecule has 1 aromatic rings. The van der Waals surface area contributed by atoms with Crippen LogP contribution in [-0.4, -0.2) is 50.7 Å². The second kappa shape index (κ2) is 7.95. The summed E-state index contributed by atoms with van der Waals surface area (Å²) in [6.07, 6.45) is 2.64. The summed E-state index contributed by atoms with van der Waals surface area (Å²) >= 11 is 0. The molecular formula is C18H24N2O6S. The molecule has 3 N–H and O–H groups in total. The molecule has 1 heterocycles. The average Bonchev–Trinajstić information content (AvgIpc) is 3.45. The summed E-state index contributed by atoms with van der Waals surface area (Å²) in [6, 6.07) is 5.78. The molecule has 2 aliphatic rings. The Bertz CT molecular complexity index is 813. The first-order valence-electron chi connectivity index (χ1n) is 9.01. The van der Waals surface area contributed by atoms with Gasteiger partial charge in [0, 0.05) is 25.3 Å². The third-order valence-electron chi connectivity index (χ3n) is 4.98. The van der Waals surface area contributed by atoms with Gasteiger partial charge in [-0.1, -0.05) is 6.07 Å². The van der Waals surface area contributed by atoms with E-state index in [1.165, 1.54) is 24.3 Å². The maximum absolute atomic E-state index is 12.7. The van der Waals surface area contributed by atoms with Crippen molar-refractivity contribution in [2.75, 3.05) is 19.8 Å². The highest BCUT2D eigenvalue weighted by atomic mass is 32.2. The smallest absolute Gasteiger partial charge is 0.305 e.